The molecule has 0 aromatic carbocycles. The van der Waals surface area contributed by atoms with Gasteiger partial charge in [-0.3, -0.25) is 9.79 Å². The van der Waals surface area contributed by atoms with E-state index in [1.807, 2.05) is 30.0 Å². The number of aliphatic imine (C=N–C) groups is 2. The van der Waals surface area contributed by atoms with E-state index in [9.17, 15) is 13.2 Å². The van der Waals surface area contributed by atoms with Crippen LogP contribution in [0, 0.1) is 5.92 Å². The highest BCUT2D eigenvalue weighted by Gasteiger charge is 2.30. The van der Waals surface area contributed by atoms with Gasteiger partial charge in [0.05, 0.1) is 35.4 Å². The van der Waals surface area contributed by atoms with E-state index in [1.165, 1.54) is 10.6 Å². The van der Waals surface area contributed by atoms with Crippen LogP contribution in [0.2, 0.25) is 0 Å². The Morgan fingerprint density at radius 3 is 2.90 bits per heavy atom. The Labute approximate surface area is 182 Å². The molecule has 2 saturated heterocycles. The molecule has 0 aromatic rings. The number of piperidine rings is 1. The molecule has 0 radical (unpaired) electrons. The number of allylic oxidation sites excluding steroid dienone is 2. The molecule has 1 amide bonds. The van der Waals surface area contributed by atoms with Crippen molar-refractivity contribution in [2.45, 2.75) is 37.0 Å². The van der Waals surface area contributed by atoms with Gasteiger partial charge in [0, 0.05) is 31.6 Å². The van der Waals surface area contributed by atoms with Crippen molar-refractivity contribution < 1.29 is 17.9 Å². The van der Waals surface area contributed by atoms with Gasteiger partial charge in [-0.25, -0.2) is 17.7 Å². The van der Waals surface area contributed by atoms with Gasteiger partial charge in [-0.1, -0.05) is 6.08 Å². The smallest absolute Gasteiger partial charge is 0.238 e. The monoisotopic (exact) mass is 452 g/mol. The van der Waals surface area contributed by atoms with Crippen LogP contribution in [-0.4, -0.2) is 79.8 Å². The lowest BCUT2D eigenvalue weighted by molar-refractivity contribution is -0.121. The fourth-order valence-corrected chi connectivity index (χ4v) is 6.00. The first-order chi connectivity index (χ1) is 14.4. The molecule has 4 rings (SSSR count). The van der Waals surface area contributed by atoms with Crippen molar-refractivity contribution in [1.82, 2.24) is 9.62 Å². The molecule has 3 heterocycles. The molecule has 10 heteroatoms. The number of rotatable bonds is 5. The molecule has 2 atom stereocenters. The van der Waals surface area contributed by atoms with Crippen molar-refractivity contribution in [3.05, 3.63) is 23.9 Å². The fraction of sp³-hybridized carbons (Fsp3) is 0.650. The molecule has 2 fully saturated rings. The van der Waals surface area contributed by atoms with Gasteiger partial charge in [0.25, 0.3) is 0 Å². The third kappa shape index (κ3) is 5.40. The maximum absolute atomic E-state index is 12.5. The molecule has 0 saturated carbocycles. The summed E-state index contributed by atoms with van der Waals surface area (Å²) in [7, 11) is -3.20. The lowest BCUT2D eigenvalue weighted by Gasteiger charge is -2.29. The lowest BCUT2D eigenvalue weighted by atomic mass is 9.96. The average molecular weight is 453 g/mol. The van der Waals surface area contributed by atoms with Crippen LogP contribution in [0.1, 0.15) is 25.7 Å². The molecule has 164 valence electrons. The standard InChI is InChI=1S/C20H28N4O4S2/c1-30(26,27)24-8-2-3-15(12-24)21-14-4-5-17-18(11-14)22-19(23-20(17)25)13-29-16-6-9-28-10-7-16/h4-5,11,15-17H,2-3,6-10,12-13H2,1H3,(H,22,23,25)/t15-,17?/m1/s1. The predicted molar refractivity (Wildman–Crippen MR) is 119 cm³/mol. The summed E-state index contributed by atoms with van der Waals surface area (Å²) in [5, 5.41) is 3.47. The first-order valence-corrected chi connectivity index (χ1v) is 13.3. The normalized spacial score (nSPS) is 29.9. The zero-order valence-corrected chi connectivity index (χ0v) is 18.8. The number of nitrogens with zero attached hydrogens (tertiary/aromatic N) is 3. The Hall–Kier alpha value is -1.49. The number of fused-ring (bicyclic) bond motifs is 1. The van der Waals surface area contributed by atoms with E-state index in [-0.39, 0.29) is 17.9 Å². The topological polar surface area (TPSA) is 100 Å². The van der Waals surface area contributed by atoms with Crippen molar-refractivity contribution >= 4 is 39.2 Å². The molecular weight excluding hydrogens is 424 g/mol. The van der Waals surface area contributed by atoms with Gasteiger partial charge >= 0.3 is 0 Å². The third-order valence-corrected chi connectivity index (χ3v) is 8.32. The predicted octanol–water partition coefficient (Wildman–Crippen LogP) is 1.36. The molecule has 1 unspecified atom stereocenters. The molecule has 1 aliphatic carbocycles. The summed E-state index contributed by atoms with van der Waals surface area (Å²) in [4.78, 5) is 22.0. The second kappa shape index (κ2) is 9.33. The number of carbonyl (C=O) groups excluding carboxylic acids is 1. The SMILES string of the molecule is CS(=O)(=O)N1CCC[C@@H](N=C2C=CC3C(=O)NC(CSC4CCOCC4)=NC3=C2)C1. The zero-order chi connectivity index (χ0) is 21.1. The third-order valence-electron chi connectivity index (χ3n) is 5.67. The molecule has 30 heavy (non-hydrogen) atoms. The number of hydrogen-bond acceptors (Lipinski definition) is 7. The van der Waals surface area contributed by atoms with Crippen LogP contribution in [0.4, 0.5) is 0 Å². The van der Waals surface area contributed by atoms with E-state index in [0.717, 1.165) is 44.6 Å². The van der Waals surface area contributed by atoms with Crippen molar-refractivity contribution in [2.75, 3.05) is 38.3 Å². The molecule has 0 spiro atoms. The van der Waals surface area contributed by atoms with Crippen molar-refractivity contribution in [1.29, 1.82) is 0 Å². The Morgan fingerprint density at radius 1 is 1.33 bits per heavy atom. The van der Waals surface area contributed by atoms with Crippen LogP contribution in [0.3, 0.4) is 0 Å². The molecule has 1 N–H and O–H groups in total. The number of amides is 1. The summed E-state index contributed by atoms with van der Waals surface area (Å²) < 4.78 is 30.6. The Balaban J connectivity index is 1.45. The minimum Gasteiger partial charge on any atom is -0.381 e. The van der Waals surface area contributed by atoms with Crippen LogP contribution in [0.5, 0.6) is 0 Å². The molecular formula is C20H28N4O4S2. The summed E-state index contributed by atoms with van der Waals surface area (Å²) in [6.07, 6.45) is 10.5. The quantitative estimate of drug-likeness (QED) is 0.679. The average Bonchev–Trinajstić information content (AvgIpc) is 2.72. The Kier molecular flexibility index (Phi) is 6.76. The molecule has 4 aliphatic rings. The number of thioether (sulfide) groups is 1. The minimum absolute atomic E-state index is 0.0601. The van der Waals surface area contributed by atoms with Crippen LogP contribution < -0.4 is 5.32 Å². The molecule has 0 aromatic heterocycles. The van der Waals surface area contributed by atoms with Crippen LogP contribution >= 0.6 is 11.8 Å². The minimum atomic E-state index is -3.20. The van der Waals surface area contributed by atoms with E-state index in [2.05, 4.69) is 5.32 Å². The van der Waals surface area contributed by atoms with Crippen LogP contribution in [-0.2, 0) is 19.6 Å². The number of ether oxygens (including phenoxy) is 1. The van der Waals surface area contributed by atoms with Gasteiger partial charge in [0.15, 0.2) is 0 Å². The fourth-order valence-electron chi connectivity index (χ4n) is 4.04. The number of hydrogen-bond donors (Lipinski definition) is 1. The Morgan fingerprint density at radius 2 is 2.13 bits per heavy atom. The maximum atomic E-state index is 12.5. The van der Waals surface area contributed by atoms with Crippen LogP contribution in [0.15, 0.2) is 33.9 Å². The van der Waals surface area contributed by atoms with Crippen molar-refractivity contribution in [3.8, 4) is 0 Å². The van der Waals surface area contributed by atoms with E-state index in [0.29, 0.717) is 35.6 Å². The first-order valence-electron chi connectivity index (χ1n) is 10.4. The molecule has 3 aliphatic heterocycles. The van der Waals surface area contributed by atoms with Gasteiger partial charge in [-0.05, 0) is 37.8 Å². The van der Waals surface area contributed by atoms with Gasteiger partial charge in [0.2, 0.25) is 15.9 Å². The highest BCUT2D eigenvalue weighted by molar-refractivity contribution is 8.00. The largest absolute Gasteiger partial charge is 0.381 e. The van der Waals surface area contributed by atoms with Gasteiger partial charge in [-0.2, -0.15) is 11.8 Å². The van der Waals surface area contributed by atoms with Gasteiger partial charge in [0.1, 0.15) is 5.84 Å². The van der Waals surface area contributed by atoms with E-state index in [4.69, 9.17) is 14.7 Å². The number of sulfonamides is 1. The second-order valence-corrected chi connectivity index (χ2v) is 11.3. The number of nitrogens with one attached hydrogen (secondary N) is 1. The highest BCUT2D eigenvalue weighted by Crippen LogP contribution is 2.26. The van der Waals surface area contributed by atoms with Crippen molar-refractivity contribution in [3.63, 3.8) is 0 Å². The van der Waals surface area contributed by atoms with Crippen molar-refractivity contribution in [2.24, 2.45) is 15.9 Å². The van der Waals surface area contributed by atoms with E-state index >= 15 is 0 Å². The lowest BCUT2D eigenvalue weighted by Crippen LogP contribution is -2.42. The summed E-state index contributed by atoms with van der Waals surface area (Å²) in [6.45, 7) is 2.55. The molecule has 8 nitrogen and oxygen atoms in total. The van der Waals surface area contributed by atoms with Gasteiger partial charge < -0.3 is 10.1 Å². The number of amidine groups is 1. The molecule has 0 bridgehead atoms. The van der Waals surface area contributed by atoms with Crippen LogP contribution in [0.25, 0.3) is 0 Å². The summed E-state index contributed by atoms with van der Waals surface area (Å²) >= 11 is 1.81. The highest BCUT2D eigenvalue weighted by atomic mass is 32.2. The Bertz CT molecular complexity index is 904. The van der Waals surface area contributed by atoms with E-state index < -0.39 is 10.0 Å². The van der Waals surface area contributed by atoms with E-state index in [1.54, 1.807) is 0 Å². The summed E-state index contributed by atoms with van der Waals surface area (Å²) in [5.41, 5.74) is 1.45. The number of carbonyl (C=O) groups is 1. The summed E-state index contributed by atoms with van der Waals surface area (Å²) in [6, 6.07) is -0.0773. The zero-order valence-electron chi connectivity index (χ0n) is 17.1. The second-order valence-electron chi connectivity index (χ2n) is 8.05. The first kappa shape index (κ1) is 21.7. The summed E-state index contributed by atoms with van der Waals surface area (Å²) in [5.74, 6) is 0.909. The van der Waals surface area contributed by atoms with Gasteiger partial charge in [-0.15, -0.1) is 0 Å². The maximum Gasteiger partial charge on any atom is 0.238 e.